The molecule has 2 rings (SSSR count). The Hall–Kier alpha value is -1.33. The largest absolute Gasteiger partial charge is 0.493 e. The number of nitrogens with zero attached hydrogens (tertiary/aromatic N) is 2. The van der Waals surface area contributed by atoms with Crippen LogP contribution in [0.2, 0.25) is 0 Å². The van der Waals surface area contributed by atoms with E-state index in [-0.39, 0.29) is 5.82 Å². The molecule has 0 amide bonds. The normalized spacial score (nSPS) is 19.2. The Morgan fingerprint density at radius 1 is 1.29 bits per heavy atom. The van der Waals surface area contributed by atoms with Gasteiger partial charge in [0.25, 0.3) is 0 Å². The molecule has 0 N–H and O–H groups in total. The molecule has 1 aromatic carbocycles. The average Bonchev–Trinajstić information content (AvgIpc) is 2.85. The predicted molar refractivity (Wildman–Crippen MR) is 81.4 cm³/mol. The molecule has 1 saturated heterocycles. The summed E-state index contributed by atoms with van der Waals surface area (Å²) in [5, 5.41) is 0. The first-order valence-corrected chi connectivity index (χ1v) is 7.31. The fraction of sp³-hybridized carbons (Fsp3) is 0.625. The number of rotatable bonds is 6. The zero-order valence-electron chi connectivity index (χ0n) is 13.4. The van der Waals surface area contributed by atoms with Gasteiger partial charge in [-0.2, -0.15) is 0 Å². The standard InChI is InChI=1S/C16H25FN2O2/c1-18-6-5-12(9-18)10-19(2)11-13-7-15(20-3)16(21-4)8-14(13)17/h7-8,12H,5-6,9-11H2,1-4H3/t12-/m1/s1. The van der Waals surface area contributed by atoms with E-state index in [1.54, 1.807) is 13.2 Å². The van der Waals surface area contributed by atoms with E-state index in [2.05, 4.69) is 16.8 Å². The Labute approximate surface area is 126 Å². The number of likely N-dealkylation sites (tertiary alicyclic amines) is 1. The molecule has 0 unspecified atom stereocenters. The highest BCUT2D eigenvalue weighted by Gasteiger charge is 2.21. The van der Waals surface area contributed by atoms with E-state index in [4.69, 9.17) is 9.47 Å². The summed E-state index contributed by atoms with van der Waals surface area (Å²) in [6.07, 6.45) is 1.22. The van der Waals surface area contributed by atoms with Crippen molar-refractivity contribution >= 4 is 0 Å². The van der Waals surface area contributed by atoms with Crippen molar-refractivity contribution < 1.29 is 13.9 Å². The molecule has 1 aromatic rings. The monoisotopic (exact) mass is 296 g/mol. The van der Waals surface area contributed by atoms with Gasteiger partial charge in [0.2, 0.25) is 0 Å². The van der Waals surface area contributed by atoms with E-state index in [0.717, 1.165) is 19.6 Å². The number of methoxy groups -OCH3 is 2. The van der Waals surface area contributed by atoms with Crippen LogP contribution in [0.15, 0.2) is 12.1 Å². The minimum Gasteiger partial charge on any atom is -0.493 e. The maximum atomic E-state index is 14.1. The van der Waals surface area contributed by atoms with Gasteiger partial charge in [0.05, 0.1) is 14.2 Å². The Kier molecular flexibility index (Phi) is 5.42. The summed E-state index contributed by atoms with van der Waals surface area (Å²) in [5.41, 5.74) is 0.640. The second-order valence-electron chi connectivity index (χ2n) is 5.91. The summed E-state index contributed by atoms with van der Waals surface area (Å²) in [6, 6.07) is 3.12. The van der Waals surface area contributed by atoms with Gasteiger partial charge in [-0.05, 0) is 39.0 Å². The number of ether oxygens (including phenoxy) is 2. The number of hydrogen-bond acceptors (Lipinski definition) is 4. The highest BCUT2D eigenvalue weighted by Crippen LogP contribution is 2.30. The Morgan fingerprint density at radius 3 is 2.52 bits per heavy atom. The lowest BCUT2D eigenvalue weighted by molar-refractivity contribution is 0.263. The van der Waals surface area contributed by atoms with Gasteiger partial charge in [-0.1, -0.05) is 0 Å². The minimum absolute atomic E-state index is 0.247. The van der Waals surface area contributed by atoms with Crippen LogP contribution < -0.4 is 9.47 Å². The summed E-state index contributed by atoms with van der Waals surface area (Å²) >= 11 is 0. The first-order valence-electron chi connectivity index (χ1n) is 7.31. The molecule has 1 atom stereocenters. The fourth-order valence-electron chi connectivity index (χ4n) is 2.99. The second kappa shape index (κ2) is 7.09. The molecule has 0 aromatic heterocycles. The van der Waals surface area contributed by atoms with Crippen molar-refractivity contribution in [3.05, 3.63) is 23.5 Å². The van der Waals surface area contributed by atoms with Gasteiger partial charge in [-0.3, -0.25) is 0 Å². The SMILES string of the molecule is COc1cc(F)c(CN(C)C[C@@H]2CCN(C)C2)cc1OC. The molecule has 0 saturated carbocycles. The lowest BCUT2D eigenvalue weighted by Gasteiger charge is -2.21. The molecule has 1 heterocycles. The molecule has 0 spiro atoms. The van der Waals surface area contributed by atoms with Crippen molar-refractivity contribution in [1.29, 1.82) is 0 Å². The van der Waals surface area contributed by atoms with Crippen LogP contribution in [-0.4, -0.2) is 57.7 Å². The van der Waals surface area contributed by atoms with Crippen LogP contribution in [0, 0.1) is 11.7 Å². The van der Waals surface area contributed by atoms with Crippen molar-refractivity contribution in [2.45, 2.75) is 13.0 Å². The lowest BCUT2D eigenvalue weighted by atomic mass is 10.1. The van der Waals surface area contributed by atoms with E-state index in [0.29, 0.717) is 29.5 Å². The van der Waals surface area contributed by atoms with Crippen LogP contribution in [0.3, 0.4) is 0 Å². The summed E-state index contributed by atoms with van der Waals surface area (Å²) in [4.78, 5) is 4.52. The topological polar surface area (TPSA) is 24.9 Å². The third-order valence-corrected chi connectivity index (χ3v) is 4.05. The molecular formula is C16H25FN2O2. The van der Waals surface area contributed by atoms with Crippen molar-refractivity contribution in [2.24, 2.45) is 5.92 Å². The van der Waals surface area contributed by atoms with Gasteiger partial charge in [0.1, 0.15) is 5.82 Å². The van der Waals surface area contributed by atoms with Crippen LogP contribution >= 0.6 is 0 Å². The highest BCUT2D eigenvalue weighted by atomic mass is 19.1. The van der Waals surface area contributed by atoms with E-state index < -0.39 is 0 Å². The van der Waals surface area contributed by atoms with E-state index in [9.17, 15) is 4.39 Å². The van der Waals surface area contributed by atoms with Gasteiger partial charge in [-0.25, -0.2) is 4.39 Å². The Balaban J connectivity index is 2.01. The second-order valence-corrected chi connectivity index (χ2v) is 5.91. The molecule has 118 valence electrons. The van der Waals surface area contributed by atoms with Crippen molar-refractivity contribution in [3.63, 3.8) is 0 Å². The quantitative estimate of drug-likeness (QED) is 0.804. The zero-order chi connectivity index (χ0) is 15.4. The molecule has 1 fully saturated rings. The minimum atomic E-state index is -0.247. The van der Waals surface area contributed by atoms with Gasteiger partial charge in [0, 0.05) is 31.3 Å². The molecule has 1 aliphatic rings. The van der Waals surface area contributed by atoms with Crippen molar-refractivity contribution in [3.8, 4) is 11.5 Å². The van der Waals surface area contributed by atoms with Gasteiger partial charge < -0.3 is 19.3 Å². The number of hydrogen-bond donors (Lipinski definition) is 0. The van der Waals surface area contributed by atoms with Crippen LogP contribution in [0.1, 0.15) is 12.0 Å². The summed E-state index contributed by atoms with van der Waals surface area (Å²) < 4.78 is 24.5. The maximum Gasteiger partial charge on any atom is 0.163 e. The van der Waals surface area contributed by atoms with Crippen LogP contribution in [0.25, 0.3) is 0 Å². The first-order chi connectivity index (χ1) is 10.0. The average molecular weight is 296 g/mol. The lowest BCUT2D eigenvalue weighted by Crippen LogP contribution is -2.27. The predicted octanol–water partition coefficient (Wildman–Crippen LogP) is 2.23. The van der Waals surface area contributed by atoms with Crippen LogP contribution in [-0.2, 0) is 6.54 Å². The molecule has 1 aliphatic heterocycles. The zero-order valence-corrected chi connectivity index (χ0v) is 13.4. The van der Waals surface area contributed by atoms with Crippen molar-refractivity contribution in [2.75, 3.05) is 47.9 Å². The van der Waals surface area contributed by atoms with Crippen LogP contribution in [0.4, 0.5) is 4.39 Å². The van der Waals surface area contributed by atoms with Gasteiger partial charge >= 0.3 is 0 Å². The highest BCUT2D eigenvalue weighted by molar-refractivity contribution is 5.43. The molecular weight excluding hydrogens is 271 g/mol. The molecule has 0 radical (unpaired) electrons. The molecule has 4 nitrogen and oxygen atoms in total. The number of benzene rings is 1. The summed E-state index contributed by atoms with van der Waals surface area (Å²) in [5.74, 6) is 1.42. The molecule has 21 heavy (non-hydrogen) atoms. The van der Waals surface area contributed by atoms with E-state index >= 15 is 0 Å². The Bertz CT molecular complexity index is 482. The fourth-order valence-corrected chi connectivity index (χ4v) is 2.99. The molecule has 0 bridgehead atoms. The number of halogens is 1. The van der Waals surface area contributed by atoms with E-state index in [1.165, 1.54) is 19.6 Å². The smallest absolute Gasteiger partial charge is 0.163 e. The third-order valence-electron chi connectivity index (χ3n) is 4.05. The third kappa shape index (κ3) is 4.08. The van der Waals surface area contributed by atoms with Gasteiger partial charge in [0.15, 0.2) is 11.5 Å². The van der Waals surface area contributed by atoms with Crippen LogP contribution in [0.5, 0.6) is 11.5 Å². The Morgan fingerprint density at radius 2 is 1.95 bits per heavy atom. The summed E-state index contributed by atoms with van der Waals surface area (Å²) in [7, 11) is 7.26. The van der Waals surface area contributed by atoms with Gasteiger partial charge in [-0.15, -0.1) is 0 Å². The van der Waals surface area contributed by atoms with E-state index in [1.807, 2.05) is 7.05 Å². The van der Waals surface area contributed by atoms with Crippen molar-refractivity contribution in [1.82, 2.24) is 9.80 Å². The molecule has 0 aliphatic carbocycles. The first kappa shape index (κ1) is 16.0. The molecule has 5 heteroatoms. The summed E-state index contributed by atoms with van der Waals surface area (Å²) in [6.45, 7) is 3.84. The maximum absolute atomic E-state index is 14.1.